The molecule has 38 heavy (non-hydrogen) atoms. The molecule has 2 N–H and O–H groups in total. The standard InChI is InChI=1S/C29H34N4O5/c1-17(2)26(30)29(35)38-25(19-7-8-19)16-37-23-12-11-22(13-24(23)36-4)32-14-20-15-33(31-27(20)28(32)34)21-9-5-18(3)6-10-21/h5-6,9-13,15,17,19,25-26H,7-8,14,16,30H2,1-4H3. The first-order valence-electron chi connectivity index (χ1n) is 13.0. The van der Waals surface area contributed by atoms with E-state index in [1.807, 2.05) is 57.3 Å². The summed E-state index contributed by atoms with van der Waals surface area (Å²) in [5.41, 5.74) is 10.0. The maximum Gasteiger partial charge on any atom is 0.323 e. The van der Waals surface area contributed by atoms with Crippen molar-refractivity contribution in [2.24, 2.45) is 17.6 Å². The summed E-state index contributed by atoms with van der Waals surface area (Å²) < 4.78 is 19.0. The van der Waals surface area contributed by atoms with Crippen LogP contribution in [0.25, 0.3) is 5.69 Å². The Hall–Kier alpha value is -3.85. The fraction of sp³-hybridized carbons (Fsp3) is 0.414. The third kappa shape index (κ3) is 5.24. The highest BCUT2D eigenvalue weighted by atomic mass is 16.6. The van der Waals surface area contributed by atoms with Crippen LogP contribution in [-0.2, 0) is 16.1 Å². The minimum absolute atomic E-state index is 0.00357. The molecule has 1 aliphatic carbocycles. The van der Waals surface area contributed by atoms with Crippen LogP contribution >= 0.6 is 0 Å². The summed E-state index contributed by atoms with van der Waals surface area (Å²) in [4.78, 5) is 27.3. The summed E-state index contributed by atoms with van der Waals surface area (Å²) in [7, 11) is 1.55. The number of rotatable bonds is 10. The van der Waals surface area contributed by atoms with Gasteiger partial charge in [-0.3, -0.25) is 9.59 Å². The number of amides is 1. The lowest BCUT2D eigenvalue weighted by Gasteiger charge is -2.23. The number of ether oxygens (including phenoxy) is 3. The van der Waals surface area contributed by atoms with Gasteiger partial charge in [0, 0.05) is 23.5 Å². The second-order valence-corrected chi connectivity index (χ2v) is 10.4. The summed E-state index contributed by atoms with van der Waals surface area (Å²) >= 11 is 0. The molecule has 0 spiro atoms. The molecule has 1 fully saturated rings. The van der Waals surface area contributed by atoms with Gasteiger partial charge in [-0.1, -0.05) is 31.5 Å². The van der Waals surface area contributed by atoms with E-state index in [9.17, 15) is 9.59 Å². The zero-order valence-corrected chi connectivity index (χ0v) is 22.2. The van der Waals surface area contributed by atoms with E-state index in [1.165, 1.54) is 0 Å². The van der Waals surface area contributed by atoms with Gasteiger partial charge in [-0.05, 0) is 55.9 Å². The minimum Gasteiger partial charge on any atom is -0.493 e. The molecule has 1 amide bonds. The average molecular weight is 519 g/mol. The van der Waals surface area contributed by atoms with Crippen molar-refractivity contribution in [3.05, 3.63) is 65.5 Å². The Labute approximate surface area is 222 Å². The number of carbonyl (C=O) groups excluding carboxylic acids is 2. The Morgan fingerprint density at radius 2 is 1.82 bits per heavy atom. The number of esters is 1. The molecular weight excluding hydrogens is 484 g/mol. The van der Waals surface area contributed by atoms with Gasteiger partial charge in [-0.15, -0.1) is 0 Å². The zero-order chi connectivity index (χ0) is 27.0. The highest BCUT2D eigenvalue weighted by Crippen LogP contribution is 2.38. The molecule has 1 aliphatic heterocycles. The molecule has 9 nitrogen and oxygen atoms in total. The fourth-order valence-electron chi connectivity index (χ4n) is 4.46. The van der Waals surface area contributed by atoms with Crippen LogP contribution in [0, 0.1) is 18.8 Å². The van der Waals surface area contributed by atoms with Crippen molar-refractivity contribution in [1.82, 2.24) is 9.78 Å². The Morgan fingerprint density at radius 1 is 1.11 bits per heavy atom. The molecule has 2 heterocycles. The van der Waals surface area contributed by atoms with Crippen molar-refractivity contribution < 1.29 is 23.8 Å². The lowest BCUT2D eigenvalue weighted by atomic mass is 10.1. The molecule has 0 radical (unpaired) electrons. The number of nitrogens with two attached hydrogens (primary N) is 1. The van der Waals surface area contributed by atoms with E-state index in [1.54, 1.807) is 28.8 Å². The Balaban J connectivity index is 1.26. The summed E-state index contributed by atoms with van der Waals surface area (Å²) in [5.74, 6) is 0.710. The number of hydrogen-bond donors (Lipinski definition) is 1. The van der Waals surface area contributed by atoms with Crippen LogP contribution in [0.1, 0.15) is 48.3 Å². The quantitative estimate of drug-likeness (QED) is 0.404. The molecule has 9 heteroatoms. The van der Waals surface area contributed by atoms with E-state index in [-0.39, 0.29) is 30.5 Å². The molecule has 2 aliphatic rings. The Bertz CT molecular complexity index is 1330. The minimum atomic E-state index is -0.661. The van der Waals surface area contributed by atoms with Crippen LogP contribution < -0.4 is 20.1 Å². The molecular formula is C29H34N4O5. The van der Waals surface area contributed by atoms with Crippen molar-refractivity contribution in [2.45, 2.75) is 52.3 Å². The van der Waals surface area contributed by atoms with Crippen LogP contribution in [0.15, 0.2) is 48.7 Å². The highest BCUT2D eigenvalue weighted by Gasteiger charge is 2.37. The zero-order valence-electron chi connectivity index (χ0n) is 22.2. The van der Waals surface area contributed by atoms with Gasteiger partial charge in [0.25, 0.3) is 5.91 Å². The number of methoxy groups -OCH3 is 1. The molecule has 2 atom stereocenters. The Morgan fingerprint density at radius 3 is 2.45 bits per heavy atom. The van der Waals surface area contributed by atoms with Gasteiger partial charge < -0.3 is 24.8 Å². The molecule has 3 aromatic rings. The van der Waals surface area contributed by atoms with Crippen LogP contribution in [0.3, 0.4) is 0 Å². The molecule has 2 aromatic carbocycles. The lowest BCUT2D eigenvalue weighted by Crippen LogP contribution is -2.40. The molecule has 2 unspecified atom stereocenters. The van der Waals surface area contributed by atoms with E-state index in [4.69, 9.17) is 19.9 Å². The molecule has 5 rings (SSSR count). The summed E-state index contributed by atoms with van der Waals surface area (Å²) in [6.45, 7) is 6.44. The Kier molecular flexibility index (Phi) is 7.12. The largest absolute Gasteiger partial charge is 0.493 e. The number of benzene rings is 2. The van der Waals surface area contributed by atoms with E-state index in [0.29, 0.717) is 29.4 Å². The van der Waals surface area contributed by atoms with Gasteiger partial charge in [0.15, 0.2) is 17.2 Å². The van der Waals surface area contributed by atoms with Crippen molar-refractivity contribution in [3.8, 4) is 17.2 Å². The number of hydrogen-bond acceptors (Lipinski definition) is 7. The maximum atomic E-state index is 13.2. The van der Waals surface area contributed by atoms with Crippen LogP contribution in [0.4, 0.5) is 5.69 Å². The van der Waals surface area contributed by atoms with Gasteiger partial charge in [-0.2, -0.15) is 5.10 Å². The first-order valence-corrected chi connectivity index (χ1v) is 13.0. The SMILES string of the molecule is COc1cc(N2Cc3cn(-c4ccc(C)cc4)nc3C2=O)ccc1OCC(OC(=O)C(N)C(C)C)C1CC1. The van der Waals surface area contributed by atoms with Gasteiger partial charge in [0.1, 0.15) is 18.8 Å². The maximum absolute atomic E-state index is 13.2. The van der Waals surface area contributed by atoms with Crippen molar-refractivity contribution in [2.75, 3.05) is 18.6 Å². The van der Waals surface area contributed by atoms with Crippen molar-refractivity contribution in [3.63, 3.8) is 0 Å². The van der Waals surface area contributed by atoms with Gasteiger partial charge >= 0.3 is 5.97 Å². The van der Waals surface area contributed by atoms with Gasteiger partial charge in [0.05, 0.1) is 19.3 Å². The lowest BCUT2D eigenvalue weighted by molar-refractivity contribution is -0.154. The topological polar surface area (TPSA) is 109 Å². The molecule has 0 bridgehead atoms. The number of fused-ring (bicyclic) bond motifs is 1. The predicted octanol–water partition coefficient (Wildman–Crippen LogP) is 4.03. The van der Waals surface area contributed by atoms with E-state index in [0.717, 1.165) is 29.7 Å². The number of anilines is 1. The average Bonchev–Trinajstić information content (AvgIpc) is 3.60. The monoisotopic (exact) mass is 518 g/mol. The van der Waals surface area contributed by atoms with Crippen LogP contribution in [0.2, 0.25) is 0 Å². The fourth-order valence-corrected chi connectivity index (χ4v) is 4.46. The molecule has 0 saturated heterocycles. The summed E-state index contributed by atoms with van der Waals surface area (Å²) in [6.07, 6.45) is 3.52. The molecule has 200 valence electrons. The smallest absolute Gasteiger partial charge is 0.323 e. The number of nitrogens with zero attached hydrogens (tertiary/aromatic N) is 3. The molecule has 1 saturated carbocycles. The van der Waals surface area contributed by atoms with Gasteiger partial charge in [-0.25, -0.2) is 4.68 Å². The first kappa shape index (κ1) is 25.8. The highest BCUT2D eigenvalue weighted by molar-refractivity contribution is 6.08. The number of carbonyl (C=O) groups is 2. The number of aromatic nitrogens is 2. The van der Waals surface area contributed by atoms with Crippen molar-refractivity contribution in [1.29, 1.82) is 0 Å². The second-order valence-electron chi connectivity index (χ2n) is 10.4. The second kappa shape index (κ2) is 10.5. The summed E-state index contributed by atoms with van der Waals surface area (Å²) in [6, 6.07) is 12.7. The van der Waals surface area contributed by atoms with E-state index in [2.05, 4.69) is 5.10 Å². The van der Waals surface area contributed by atoms with Crippen LogP contribution in [0.5, 0.6) is 11.5 Å². The van der Waals surface area contributed by atoms with Gasteiger partial charge in [0.2, 0.25) is 0 Å². The van der Waals surface area contributed by atoms with Crippen molar-refractivity contribution >= 4 is 17.6 Å². The third-order valence-corrected chi connectivity index (χ3v) is 7.13. The number of aryl methyl sites for hydroxylation is 1. The van der Waals surface area contributed by atoms with Crippen LogP contribution in [-0.4, -0.2) is 47.5 Å². The predicted molar refractivity (Wildman–Crippen MR) is 143 cm³/mol. The van der Waals surface area contributed by atoms with E-state index < -0.39 is 12.0 Å². The normalized spacial score (nSPS) is 16.4. The summed E-state index contributed by atoms with van der Waals surface area (Å²) in [5, 5.41) is 4.54. The molecule has 1 aromatic heterocycles. The first-order chi connectivity index (χ1) is 18.2. The third-order valence-electron chi connectivity index (χ3n) is 7.13. The van der Waals surface area contributed by atoms with E-state index >= 15 is 0 Å².